The predicted octanol–water partition coefficient (Wildman–Crippen LogP) is 1.74. The lowest BCUT2D eigenvalue weighted by atomic mass is 10.2. The van der Waals surface area contributed by atoms with Crippen LogP contribution in [0.4, 0.5) is 0 Å². The summed E-state index contributed by atoms with van der Waals surface area (Å²) in [6.45, 7) is 1.70. The third-order valence-electron chi connectivity index (χ3n) is 3.14. The zero-order valence-electron chi connectivity index (χ0n) is 15.0. The Morgan fingerprint density at radius 1 is 1.28 bits per heavy atom. The molecule has 1 aromatic carbocycles. The number of halogens is 2. The average Bonchev–Trinajstić information content (AvgIpc) is 2.56. The van der Waals surface area contributed by atoms with E-state index in [9.17, 15) is 4.79 Å². The molecule has 2 N–H and O–H groups in total. The summed E-state index contributed by atoms with van der Waals surface area (Å²) in [6.07, 6.45) is 0. The Labute approximate surface area is 171 Å². The van der Waals surface area contributed by atoms with Gasteiger partial charge in [-0.15, -0.1) is 24.0 Å². The summed E-state index contributed by atoms with van der Waals surface area (Å²) in [5.74, 6) is 1.12. The standard InChI is InChI=1S/C16H25ClN4O3.HI/c1-21(2)15(22)11-20-16(18-7-8-23-3)19-10-12-5-6-14(24-4)13(17)9-12;/h5-6,9H,7-8,10-11H2,1-4H3,(H2,18,19,20);1H. The van der Waals surface area contributed by atoms with E-state index in [0.29, 0.717) is 36.4 Å². The van der Waals surface area contributed by atoms with Gasteiger partial charge < -0.3 is 25.0 Å². The van der Waals surface area contributed by atoms with E-state index >= 15 is 0 Å². The Balaban J connectivity index is 0.00000576. The fourth-order valence-electron chi connectivity index (χ4n) is 1.74. The van der Waals surface area contributed by atoms with Crippen LogP contribution in [0.25, 0.3) is 0 Å². The quantitative estimate of drug-likeness (QED) is 0.254. The lowest BCUT2D eigenvalue weighted by molar-refractivity contribution is -0.127. The molecule has 0 unspecified atom stereocenters. The lowest BCUT2D eigenvalue weighted by Crippen LogP contribution is -2.43. The molecule has 1 amide bonds. The van der Waals surface area contributed by atoms with E-state index < -0.39 is 0 Å². The summed E-state index contributed by atoms with van der Waals surface area (Å²) in [6, 6.07) is 5.50. The summed E-state index contributed by atoms with van der Waals surface area (Å²) in [5.41, 5.74) is 0.938. The van der Waals surface area contributed by atoms with Gasteiger partial charge in [-0.05, 0) is 17.7 Å². The van der Waals surface area contributed by atoms with Gasteiger partial charge in [0, 0.05) is 27.7 Å². The maximum Gasteiger partial charge on any atom is 0.241 e. The number of hydrogen-bond donors (Lipinski definition) is 2. The highest BCUT2D eigenvalue weighted by Gasteiger charge is 2.06. The monoisotopic (exact) mass is 484 g/mol. The molecule has 0 fully saturated rings. The summed E-state index contributed by atoms with van der Waals surface area (Å²) in [4.78, 5) is 17.7. The molecule has 0 saturated heterocycles. The van der Waals surface area contributed by atoms with Crippen LogP contribution < -0.4 is 15.4 Å². The number of carbonyl (C=O) groups is 1. The molecule has 0 saturated carbocycles. The van der Waals surface area contributed by atoms with Crippen molar-refractivity contribution in [3.05, 3.63) is 28.8 Å². The zero-order valence-corrected chi connectivity index (χ0v) is 18.1. The molecule has 1 aromatic rings. The number of aliphatic imine (C=N–C) groups is 1. The van der Waals surface area contributed by atoms with E-state index in [-0.39, 0.29) is 36.4 Å². The number of nitrogens with one attached hydrogen (secondary N) is 2. The highest BCUT2D eigenvalue weighted by molar-refractivity contribution is 14.0. The van der Waals surface area contributed by atoms with Gasteiger partial charge in [-0.1, -0.05) is 17.7 Å². The number of methoxy groups -OCH3 is 2. The molecule has 7 nitrogen and oxygen atoms in total. The molecule has 25 heavy (non-hydrogen) atoms. The molecule has 0 bridgehead atoms. The van der Waals surface area contributed by atoms with E-state index in [1.54, 1.807) is 34.4 Å². The Bertz CT molecular complexity index is 570. The van der Waals surface area contributed by atoms with Crippen LogP contribution in [-0.2, 0) is 16.1 Å². The average molecular weight is 485 g/mol. The highest BCUT2D eigenvalue weighted by atomic mass is 127. The molecule has 0 aliphatic carbocycles. The van der Waals surface area contributed by atoms with E-state index in [1.165, 1.54) is 4.90 Å². The van der Waals surface area contributed by atoms with Crippen LogP contribution in [0, 0.1) is 0 Å². The lowest BCUT2D eigenvalue weighted by Gasteiger charge is -2.15. The highest BCUT2D eigenvalue weighted by Crippen LogP contribution is 2.25. The van der Waals surface area contributed by atoms with Crippen molar-refractivity contribution in [3.8, 4) is 5.75 Å². The Hall–Kier alpha value is -1.26. The van der Waals surface area contributed by atoms with Gasteiger partial charge in [0.2, 0.25) is 5.91 Å². The van der Waals surface area contributed by atoms with Crippen molar-refractivity contribution in [2.75, 3.05) is 48.0 Å². The number of amides is 1. The predicted molar refractivity (Wildman–Crippen MR) is 111 cm³/mol. The second-order valence-corrected chi connectivity index (χ2v) is 5.60. The van der Waals surface area contributed by atoms with E-state index in [4.69, 9.17) is 21.1 Å². The first-order valence-electron chi connectivity index (χ1n) is 7.51. The topological polar surface area (TPSA) is 75.2 Å². The van der Waals surface area contributed by atoms with Crippen molar-refractivity contribution >= 4 is 47.4 Å². The summed E-state index contributed by atoms with van der Waals surface area (Å²) in [7, 11) is 6.61. The maximum atomic E-state index is 11.7. The number of guanidine groups is 1. The van der Waals surface area contributed by atoms with Crippen LogP contribution >= 0.6 is 35.6 Å². The van der Waals surface area contributed by atoms with Gasteiger partial charge in [0.1, 0.15) is 5.75 Å². The van der Waals surface area contributed by atoms with Crippen LogP contribution in [0.15, 0.2) is 23.2 Å². The smallest absolute Gasteiger partial charge is 0.241 e. The third kappa shape index (κ3) is 9.13. The van der Waals surface area contributed by atoms with Crippen LogP contribution in [0.5, 0.6) is 5.75 Å². The SMILES string of the molecule is COCCNC(=NCc1ccc(OC)c(Cl)c1)NCC(=O)N(C)C.I. The van der Waals surface area contributed by atoms with Crippen LogP contribution in [0.2, 0.25) is 5.02 Å². The first-order chi connectivity index (χ1) is 11.5. The van der Waals surface area contributed by atoms with Gasteiger partial charge in [0.05, 0.1) is 31.8 Å². The molecular formula is C16H26ClIN4O3. The minimum Gasteiger partial charge on any atom is -0.495 e. The largest absolute Gasteiger partial charge is 0.495 e. The van der Waals surface area contributed by atoms with Gasteiger partial charge in [0.25, 0.3) is 0 Å². The first kappa shape index (κ1) is 23.7. The fourth-order valence-corrected chi connectivity index (χ4v) is 2.02. The maximum absolute atomic E-state index is 11.7. The number of nitrogens with zero attached hydrogens (tertiary/aromatic N) is 2. The molecule has 1 rings (SSSR count). The minimum absolute atomic E-state index is 0. The van der Waals surface area contributed by atoms with Gasteiger partial charge >= 0.3 is 0 Å². The molecule has 0 aliphatic heterocycles. The van der Waals surface area contributed by atoms with Crippen LogP contribution in [0.3, 0.4) is 0 Å². The number of carbonyl (C=O) groups excluding carboxylic acids is 1. The normalized spacial score (nSPS) is 10.7. The molecule has 0 aliphatic rings. The molecule has 0 heterocycles. The van der Waals surface area contributed by atoms with Gasteiger partial charge in [-0.2, -0.15) is 0 Å². The minimum atomic E-state index is -0.0382. The van der Waals surface area contributed by atoms with Gasteiger partial charge in [-0.25, -0.2) is 4.99 Å². The number of ether oxygens (including phenoxy) is 2. The number of rotatable bonds is 8. The molecule has 0 spiro atoms. The third-order valence-corrected chi connectivity index (χ3v) is 3.44. The fraction of sp³-hybridized carbons (Fsp3) is 0.500. The Morgan fingerprint density at radius 2 is 2.00 bits per heavy atom. The van der Waals surface area contributed by atoms with Crippen molar-refractivity contribution in [2.45, 2.75) is 6.54 Å². The Morgan fingerprint density at radius 3 is 2.56 bits per heavy atom. The number of benzene rings is 1. The van der Waals surface area contributed by atoms with Crippen LogP contribution in [-0.4, -0.2) is 64.8 Å². The molecular weight excluding hydrogens is 459 g/mol. The summed E-state index contributed by atoms with van der Waals surface area (Å²) >= 11 is 6.11. The van der Waals surface area contributed by atoms with Crippen LogP contribution in [0.1, 0.15) is 5.56 Å². The molecule has 142 valence electrons. The van der Waals surface area contributed by atoms with Crippen molar-refractivity contribution in [1.29, 1.82) is 0 Å². The molecule has 0 radical (unpaired) electrons. The second kappa shape index (κ2) is 13.0. The molecule has 9 heteroatoms. The van der Waals surface area contributed by atoms with Crippen molar-refractivity contribution in [2.24, 2.45) is 4.99 Å². The van der Waals surface area contributed by atoms with E-state index in [0.717, 1.165) is 5.56 Å². The summed E-state index contributed by atoms with van der Waals surface area (Å²) < 4.78 is 10.1. The second-order valence-electron chi connectivity index (χ2n) is 5.20. The Kier molecular flexibility index (Phi) is 12.4. The van der Waals surface area contributed by atoms with Crippen molar-refractivity contribution in [1.82, 2.24) is 15.5 Å². The van der Waals surface area contributed by atoms with Gasteiger partial charge in [0.15, 0.2) is 5.96 Å². The number of hydrogen-bond acceptors (Lipinski definition) is 4. The van der Waals surface area contributed by atoms with E-state index in [2.05, 4.69) is 15.6 Å². The first-order valence-corrected chi connectivity index (χ1v) is 7.89. The van der Waals surface area contributed by atoms with E-state index in [1.807, 2.05) is 12.1 Å². The van der Waals surface area contributed by atoms with Crippen molar-refractivity contribution < 1.29 is 14.3 Å². The summed E-state index contributed by atoms with van der Waals surface area (Å²) in [5, 5.41) is 6.65. The van der Waals surface area contributed by atoms with Crippen molar-refractivity contribution in [3.63, 3.8) is 0 Å². The molecule has 0 atom stereocenters. The number of likely N-dealkylation sites (N-methyl/N-ethyl adjacent to an activating group) is 1. The molecule has 0 aromatic heterocycles. The zero-order chi connectivity index (χ0) is 17.9. The van der Waals surface area contributed by atoms with Gasteiger partial charge in [-0.3, -0.25) is 4.79 Å².